The van der Waals surface area contributed by atoms with Crippen molar-refractivity contribution in [3.05, 3.63) is 23.7 Å². The lowest BCUT2D eigenvalue weighted by molar-refractivity contribution is -0.183. The van der Waals surface area contributed by atoms with Crippen LogP contribution >= 0.6 is 0 Å². The Hall–Kier alpha value is -2.81. The SMILES string of the molecule is CN(C1=C2C=CNC2NC(=O)N1)C1CN(C(=O)C(O)(O)C#N)CCC1(C)O. The van der Waals surface area contributed by atoms with Crippen molar-refractivity contribution in [3.63, 3.8) is 0 Å². The van der Waals surface area contributed by atoms with Crippen LogP contribution in [0.2, 0.25) is 0 Å². The lowest BCUT2D eigenvalue weighted by Gasteiger charge is -2.48. The number of nitriles is 1. The van der Waals surface area contributed by atoms with Gasteiger partial charge in [-0.05, 0) is 25.6 Å². The van der Waals surface area contributed by atoms with Crippen LogP contribution in [0.5, 0.6) is 0 Å². The van der Waals surface area contributed by atoms with Crippen molar-refractivity contribution >= 4 is 11.9 Å². The molecule has 0 spiro atoms. The average molecular weight is 378 g/mol. The second kappa shape index (κ2) is 6.41. The largest absolute Gasteiger partial charge is 0.388 e. The summed E-state index contributed by atoms with van der Waals surface area (Å²) in [5, 5.41) is 47.1. The van der Waals surface area contributed by atoms with Gasteiger partial charge in [0.05, 0.1) is 11.6 Å². The number of amides is 3. The van der Waals surface area contributed by atoms with E-state index in [1.165, 1.54) is 0 Å². The summed E-state index contributed by atoms with van der Waals surface area (Å²) < 4.78 is 0. The van der Waals surface area contributed by atoms with Crippen molar-refractivity contribution in [2.45, 2.75) is 36.9 Å². The zero-order valence-corrected chi connectivity index (χ0v) is 14.9. The van der Waals surface area contributed by atoms with E-state index in [4.69, 9.17) is 5.26 Å². The highest BCUT2D eigenvalue weighted by molar-refractivity contribution is 5.86. The first-order valence-electron chi connectivity index (χ1n) is 8.41. The smallest absolute Gasteiger partial charge is 0.336 e. The molecule has 1 saturated heterocycles. The molecule has 0 aromatic carbocycles. The van der Waals surface area contributed by atoms with Gasteiger partial charge >= 0.3 is 11.8 Å². The van der Waals surface area contributed by atoms with Gasteiger partial charge in [-0.3, -0.25) is 10.1 Å². The molecule has 0 aromatic rings. The number of hydrogen-bond donors (Lipinski definition) is 6. The van der Waals surface area contributed by atoms with Gasteiger partial charge in [0.1, 0.15) is 18.1 Å². The first kappa shape index (κ1) is 19.0. The molecule has 3 rings (SSSR count). The molecule has 0 bridgehead atoms. The minimum Gasteiger partial charge on any atom is -0.388 e. The van der Waals surface area contributed by atoms with Gasteiger partial charge in [0.2, 0.25) is 0 Å². The summed E-state index contributed by atoms with van der Waals surface area (Å²) in [4.78, 5) is 26.9. The number of nitrogens with zero attached hydrogens (tertiary/aromatic N) is 3. The highest BCUT2D eigenvalue weighted by Gasteiger charge is 2.47. The van der Waals surface area contributed by atoms with E-state index in [9.17, 15) is 24.9 Å². The van der Waals surface area contributed by atoms with Crippen molar-refractivity contribution in [1.82, 2.24) is 25.8 Å². The van der Waals surface area contributed by atoms with Crippen molar-refractivity contribution < 1.29 is 24.9 Å². The number of nitrogens with one attached hydrogen (secondary N) is 3. The molecule has 3 unspecified atom stereocenters. The third-order valence-corrected chi connectivity index (χ3v) is 5.18. The second-order valence-electron chi connectivity index (χ2n) is 7.10. The third-order valence-electron chi connectivity index (χ3n) is 5.18. The van der Waals surface area contributed by atoms with Crippen LogP contribution in [0, 0.1) is 11.3 Å². The molecule has 0 radical (unpaired) electrons. The number of likely N-dealkylation sites (N-methyl/N-ethyl adjacent to an activating group) is 1. The van der Waals surface area contributed by atoms with Crippen LogP contribution in [-0.2, 0) is 4.79 Å². The van der Waals surface area contributed by atoms with Crippen molar-refractivity contribution in [2.24, 2.45) is 0 Å². The number of urea groups is 1. The average Bonchev–Trinajstić information content (AvgIpc) is 3.07. The molecule has 0 aliphatic carbocycles. The van der Waals surface area contributed by atoms with Crippen molar-refractivity contribution in [1.29, 1.82) is 5.26 Å². The number of carbonyl (C=O) groups excluding carboxylic acids is 2. The Kier molecular flexibility index (Phi) is 4.51. The predicted octanol–water partition coefficient (Wildman–Crippen LogP) is -2.56. The van der Waals surface area contributed by atoms with Crippen LogP contribution in [0.25, 0.3) is 0 Å². The lowest BCUT2D eigenvalue weighted by atomic mass is 9.86. The molecule has 1 fully saturated rings. The molecule has 0 saturated carbocycles. The van der Waals surface area contributed by atoms with Gasteiger partial charge in [0.25, 0.3) is 5.91 Å². The van der Waals surface area contributed by atoms with Gasteiger partial charge in [-0.1, -0.05) is 0 Å². The van der Waals surface area contributed by atoms with E-state index < -0.39 is 35.5 Å². The minimum absolute atomic E-state index is 0.0601. The van der Waals surface area contributed by atoms with E-state index in [0.717, 1.165) is 16.5 Å². The number of rotatable bonds is 3. The number of hydrogen-bond acceptors (Lipinski definition) is 8. The quantitative estimate of drug-likeness (QED) is 0.231. The van der Waals surface area contributed by atoms with Crippen LogP contribution in [0.3, 0.4) is 0 Å². The number of likely N-dealkylation sites (tertiary alicyclic amines) is 1. The second-order valence-corrected chi connectivity index (χ2v) is 7.10. The maximum atomic E-state index is 12.2. The number of carbonyl (C=O) groups is 2. The zero-order valence-electron chi connectivity index (χ0n) is 14.9. The molecule has 27 heavy (non-hydrogen) atoms. The summed E-state index contributed by atoms with van der Waals surface area (Å²) >= 11 is 0. The van der Waals surface area contributed by atoms with Crippen molar-refractivity contribution in [2.75, 3.05) is 20.1 Å². The molecule has 3 heterocycles. The van der Waals surface area contributed by atoms with Crippen LogP contribution < -0.4 is 16.0 Å². The molecule has 11 heteroatoms. The third kappa shape index (κ3) is 3.30. The topological polar surface area (TPSA) is 161 Å². The highest BCUT2D eigenvalue weighted by Crippen LogP contribution is 2.30. The first-order chi connectivity index (χ1) is 12.6. The molecule has 3 amide bonds. The van der Waals surface area contributed by atoms with Gasteiger partial charge in [0, 0.05) is 25.7 Å². The zero-order chi connectivity index (χ0) is 20.0. The Morgan fingerprint density at radius 1 is 1.52 bits per heavy atom. The highest BCUT2D eigenvalue weighted by atomic mass is 16.5. The molecule has 6 N–H and O–H groups in total. The van der Waals surface area contributed by atoms with E-state index in [1.54, 1.807) is 31.1 Å². The Labute approximate surface area is 155 Å². The van der Waals surface area contributed by atoms with Gasteiger partial charge in [-0.15, -0.1) is 0 Å². The number of piperidine rings is 1. The predicted molar refractivity (Wildman–Crippen MR) is 90.9 cm³/mol. The minimum atomic E-state index is -3.12. The van der Waals surface area contributed by atoms with Crippen LogP contribution in [-0.4, -0.2) is 80.8 Å². The van der Waals surface area contributed by atoms with Crippen molar-refractivity contribution in [3.8, 4) is 6.07 Å². The van der Waals surface area contributed by atoms with E-state index in [-0.39, 0.29) is 19.5 Å². The standard InChI is InChI=1S/C16H22N6O5/c1-15(25)4-6-22(13(23)16(26,27)8-17)7-10(15)21(2)12-9-3-5-18-11(9)19-14(24)20-12/h3,5,10-11,18,25-27H,4,6-7H2,1-2H3,(H2,19,20,24). The van der Waals surface area contributed by atoms with Gasteiger partial charge in [-0.2, -0.15) is 5.26 Å². The van der Waals surface area contributed by atoms with Gasteiger partial charge < -0.3 is 35.8 Å². The Balaban J connectivity index is 1.89. The lowest BCUT2D eigenvalue weighted by Crippen LogP contribution is -2.65. The fourth-order valence-corrected chi connectivity index (χ4v) is 3.57. The van der Waals surface area contributed by atoms with E-state index in [1.807, 2.05) is 0 Å². The monoisotopic (exact) mass is 378 g/mol. The van der Waals surface area contributed by atoms with E-state index >= 15 is 0 Å². The van der Waals surface area contributed by atoms with Gasteiger partial charge in [-0.25, -0.2) is 4.79 Å². The fraction of sp³-hybridized carbons (Fsp3) is 0.562. The normalized spacial score (nSPS) is 30.1. The summed E-state index contributed by atoms with van der Waals surface area (Å²) in [7, 11) is 1.67. The molecule has 0 aromatic heterocycles. The molecule has 3 atom stereocenters. The maximum Gasteiger partial charge on any atom is 0.336 e. The number of aliphatic hydroxyl groups is 3. The van der Waals surface area contributed by atoms with Crippen LogP contribution in [0.15, 0.2) is 23.7 Å². The summed E-state index contributed by atoms with van der Waals surface area (Å²) in [6.45, 7) is 1.61. The van der Waals surface area contributed by atoms with Crippen LogP contribution in [0.1, 0.15) is 13.3 Å². The summed E-state index contributed by atoms with van der Waals surface area (Å²) in [6.07, 6.45) is 3.23. The first-order valence-corrected chi connectivity index (χ1v) is 8.41. The molecular formula is C16H22N6O5. The fourth-order valence-electron chi connectivity index (χ4n) is 3.57. The summed E-state index contributed by atoms with van der Waals surface area (Å²) in [5.41, 5.74) is -0.466. The number of fused-ring (bicyclic) bond motifs is 1. The molecule has 11 nitrogen and oxygen atoms in total. The molecule has 146 valence electrons. The molecule has 3 aliphatic heterocycles. The molecule has 3 aliphatic rings. The summed E-state index contributed by atoms with van der Waals surface area (Å²) in [5.74, 6) is -3.81. The summed E-state index contributed by atoms with van der Waals surface area (Å²) in [6, 6.07) is 0.0707. The maximum absolute atomic E-state index is 12.2. The van der Waals surface area contributed by atoms with Crippen LogP contribution in [0.4, 0.5) is 4.79 Å². The van der Waals surface area contributed by atoms with E-state index in [2.05, 4.69) is 16.0 Å². The van der Waals surface area contributed by atoms with Gasteiger partial charge in [0.15, 0.2) is 0 Å². The Morgan fingerprint density at radius 2 is 2.22 bits per heavy atom. The Bertz CT molecular complexity index is 768. The van der Waals surface area contributed by atoms with E-state index in [0.29, 0.717) is 5.82 Å². The molecular weight excluding hydrogens is 356 g/mol. The Morgan fingerprint density at radius 3 is 2.89 bits per heavy atom.